The summed E-state index contributed by atoms with van der Waals surface area (Å²) in [5.74, 6) is -1.28. The number of nitrogens with zero attached hydrogens (tertiary/aromatic N) is 1. The standard InChI is InChI=1S/C16H15NO4/c1-3-13(18)14-9(2)17-12(15(14)19)8-10-4-6-11(7-5-10)16(20)21/h4-8,19H,3H2,1-2H3,(H,20,21)/b12-8+. The van der Waals surface area contributed by atoms with Gasteiger partial charge in [-0.25, -0.2) is 9.79 Å². The van der Waals surface area contributed by atoms with Crippen molar-refractivity contribution in [1.29, 1.82) is 0 Å². The Labute approximate surface area is 122 Å². The SMILES string of the molecule is CCC(=O)C1=C(O)/C(=C\c2ccc(C(=O)O)cc2)N=C1C. The second-order valence-electron chi connectivity index (χ2n) is 4.65. The van der Waals surface area contributed by atoms with Gasteiger partial charge in [0.1, 0.15) is 5.70 Å². The van der Waals surface area contributed by atoms with Crippen molar-refractivity contribution < 1.29 is 19.8 Å². The zero-order chi connectivity index (χ0) is 15.6. The lowest BCUT2D eigenvalue weighted by Crippen LogP contribution is -2.08. The third-order valence-corrected chi connectivity index (χ3v) is 3.19. The van der Waals surface area contributed by atoms with Gasteiger partial charge < -0.3 is 10.2 Å². The Morgan fingerprint density at radius 2 is 1.86 bits per heavy atom. The van der Waals surface area contributed by atoms with Crippen molar-refractivity contribution >= 4 is 23.5 Å². The molecule has 5 heteroatoms. The predicted octanol–water partition coefficient (Wildman–Crippen LogP) is 2.99. The number of ketones is 1. The molecule has 108 valence electrons. The minimum Gasteiger partial charge on any atom is -0.505 e. The van der Waals surface area contributed by atoms with Crippen molar-refractivity contribution in [2.24, 2.45) is 4.99 Å². The fourth-order valence-electron chi connectivity index (χ4n) is 2.08. The summed E-state index contributed by atoms with van der Waals surface area (Å²) in [7, 11) is 0. The number of benzene rings is 1. The Kier molecular flexibility index (Phi) is 4.03. The molecule has 1 aliphatic rings. The first-order valence-corrected chi connectivity index (χ1v) is 6.51. The number of hydrogen-bond acceptors (Lipinski definition) is 4. The monoisotopic (exact) mass is 285 g/mol. The molecule has 21 heavy (non-hydrogen) atoms. The van der Waals surface area contributed by atoms with Crippen molar-refractivity contribution in [3.63, 3.8) is 0 Å². The molecule has 2 N–H and O–H groups in total. The van der Waals surface area contributed by atoms with E-state index in [2.05, 4.69) is 4.99 Å². The predicted molar refractivity (Wildman–Crippen MR) is 79.4 cm³/mol. The normalized spacial score (nSPS) is 16.3. The van der Waals surface area contributed by atoms with E-state index >= 15 is 0 Å². The van der Waals surface area contributed by atoms with E-state index in [0.29, 0.717) is 23.4 Å². The summed E-state index contributed by atoms with van der Waals surface area (Å²) >= 11 is 0. The molecular weight excluding hydrogens is 270 g/mol. The Hall–Kier alpha value is -2.69. The lowest BCUT2D eigenvalue weighted by Gasteiger charge is -2.00. The molecule has 0 radical (unpaired) electrons. The summed E-state index contributed by atoms with van der Waals surface area (Å²) in [6.07, 6.45) is 1.91. The highest BCUT2D eigenvalue weighted by atomic mass is 16.4. The smallest absolute Gasteiger partial charge is 0.335 e. The molecule has 2 rings (SSSR count). The first kappa shape index (κ1) is 14.7. The third kappa shape index (κ3) is 2.91. The van der Waals surface area contributed by atoms with Crippen LogP contribution in [0.15, 0.2) is 46.3 Å². The minimum atomic E-state index is -0.998. The van der Waals surface area contributed by atoms with E-state index in [-0.39, 0.29) is 22.7 Å². The summed E-state index contributed by atoms with van der Waals surface area (Å²) < 4.78 is 0. The highest BCUT2D eigenvalue weighted by Gasteiger charge is 2.25. The van der Waals surface area contributed by atoms with Crippen LogP contribution in [0.4, 0.5) is 0 Å². The molecule has 1 heterocycles. The number of carboxylic acids is 1. The van der Waals surface area contributed by atoms with E-state index in [4.69, 9.17) is 5.11 Å². The van der Waals surface area contributed by atoms with Crippen LogP contribution in [0.2, 0.25) is 0 Å². The number of aromatic carboxylic acids is 1. The Balaban J connectivity index is 2.36. The van der Waals surface area contributed by atoms with Gasteiger partial charge in [-0.15, -0.1) is 0 Å². The fourth-order valence-corrected chi connectivity index (χ4v) is 2.08. The number of carboxylic acid groups (broad SMARTS) is 1. The van der Waals surface area contributed by atoms with E-state index in [9.17, 15) is 14.7 Å². The van der Waals surface area contributed by atoms with Crippen molar-refractivity contribution in [3.05, 3.63) is 52.4 Å². The third-order valence-electron chi connectivity index (χ3n) is 3.19. The molecule has 1 aliphatic heterocycles. The van der Waals surface area contributed by atoms with Crippen molar-refractivity contribution in [3.8, 4) is 0 Å². The molecule has 0 aliphatic carbocycles. The van der Waals surface area contributed by atoms with Crippen LogP contribution in [-0.4, -0.2) is 27.7 Å². The van der Waals surface area contributed by atoms with Crippen molar-refractivity contribution in [2.75, 3.05) is 0 Å². The number of allylic oxidation sites excluding steroid dienone is 1. The van der Waals surface area contributed by atoms with Gasteiger partial charge in [0, 0.05) is 6.42 Å². The summed E-state index contributed by atoms with van der Waals surface area (Å²) in [6.45, 7) is 3.40. The van der Waals surface area contributed by atoms with Gasteiger partial charge in [0.25, 0.3) is 0 Å². The molecule has 0 fully saturated rings. The average molecular weight is 285 g/mol. The molecule has 0 saturated carbocycles. The zero-order valence-corrected chi connectivity index (χ0v) is 11.8. The number of aliphatic hydroxyl groups is 1. The molecule has 1 aromatic carbocycles. The maximum Gasteiger partial charge on any atom is 0.335 e. The number of aliphatic imine (C=N–C) groups is 1. The van der Waals surface area contributed by atoms with E-state index in [1.54, 1.807) is 32.1 Å². The molecule has 0 saturated heterocycles. The number of carbonyl (C=O) groups excluding carboxylic acids is 1. The molecule has 0 aromatic heterocycles. The fraction of sp³-hybridized carbons (Fsp3) is 0.188. The summed E-state index contributed by atoms with van der Waals surface area (Å²) in [6, 6.07) is 6.18. The number of aliphatic hydroxyl groups excluding tert-OH is 1. The molecule has 0 amide bonds. The van der Waals surface area contributed by atoms with Crippen LogP contribution < -0.4 is 0 Å². The van der Waals surface area contributed by atoms with Gasteiger partial charge in [-0.3, -0.25) is 4.79 Å². The number of Topliss-reactive ketones (excluding diaryl/α,β-unsaturated/α-hetero) is 1. The highest BCUT2D eigenvalue weighted by Crippen LogP contribution is 2.26. The topological polar surface area (TPSA) is 87.0 Å². The van der Waals surface area contributed by atoms with Crippen LogP contribution >= 0.6 is 0 Å². The second kappa shape index (κ2) is 5.75. The Bertz CT molecular complexity index is 693. The Morgan fingerprint density at radius 1 is 1.24 bits per heavy atom. The van der Waals surface area contributed by atoms with E-state index in [1.165, 1.54) is 12.1 Å². The molecule has 5 nitrogen and oxygen atoms in total. The van der Waals surface area contributed by atoms with Crippen molar-refractivity contribution in [1.82, 2.24) is 0 Å². The summed E-state index contributed by atoms with van der Waals surface area (Å²) in [5.41, 5.74) is 1.94. The molecule has 0 atom stereocenters. The van der Waals surface area contributed by atoms with E-state index in [1.807, 2.05) is 0 Å². The van der Waals surface area contributed by atoms with Gasteiger partial charge >= 0.3 is 5.97 Å². The maximum absolute atomic E-state index is 11.8. The van der Waals surface area contributed by atoms with E-state index in [0.717, 1.165) is 0 Å². The van der Waals surface area contributed by atoms with Gasteiger partial charge in [-0.2, -0.15) is 0 Å². The molecule has 1 aromatic rings. The van der Waals surface area contributed by atoms with Gasteiger partial charge in [0.05, 0.1) is 16.8 Å². The molecular formula is C16H15NO4. The van der Waals surface area contributed by atoms with Crippen LogP contribution in [0.3, 0.4) is 0 Å². The average Bonchev–Trinajstić information content (AvgIpc) is 2.73. The van der Waals surface area contributed by atoms with Crippen LogP contribution in [0.25, 0.3) is 6.08 Å². The maximum atomic E-state index is 11.8. The first-order chi connectivity index (χ1) is 9.93. The Morgan fingerprint density at radius 3 is 2.38 bits per heavy atom. The summed E-state index contributed by atoms with van der Waals surface area (Å²) in [4.78, 5) is 26.7. The quantitative estimate of drug-likeness (QED) is 0.890. The van der Waals surface area contributed by atoms with Crippen molar-refractivity contribution in [2.45, 2.75) is 20.3 Å². The van der Waals surface area contributed by atoms with Crippen LogP contribution in [0.5, 0.6) is 0 Å². The van der Waals surface area contributed by atoms with Gasteiger partial charge in [0.2, 0.25) is 0 Å². The zero-order valence-electron chi connectivity index (χ0n) is 11.8. The van der Waals surface area contributed by atoms with Gasteiger partial charge in [-0.1, -0.05) is 19.1 Å². The number of rotatable bonds is 4. The lowest BCUT2D eigenvalue weighted by atomic mass is 10.0. The minimum absolute atomic E-state index is 0.123. The summed E-state index contributed by atoms with van der Waals surface area (Å²) in [5, 5.41) is 18.9. The second-order valence-corrected chi connectivity index (χ2v) is 4.65. The van der Waals surface area contributed by atoms with Crippen LogP contribution in [-0.2, 0) is 4.79 Å². The molecule has 0 spiro atoms. The largest absolute Gasteiger partial charge is 0.505 e. The van der Waals surface area contributed by atoms with Crippen LogP contribution in [0, 0.1) is 0 Å². The van der Waals surface area contributed by atoms with E-state index < -0.39 is 5.97 Å². The highest BCUT2D eigenvalue weighted by molar-refractivity contribution is 6.24. The molecule has 0 unspecified atom stereocenters. The van der Waals surface area contributed by atoms with Crippen LogP contribution in [0.1, 0.15) is 36.2 Å². The lowest BCUT2D eigenvalue weighted by molar-refractivity contribution is -0.114. The number of hydrogen-bond donors (Lipinski definition) is 2. The van der Waals surface area contributed by atoms with Gasteiger partial charge in [-0.05, 0) is 30.7 Å². The first-order valence-electron chi connectivity index (χ1n) is 6.51. The van der Waals surface area contributed by atoms with Gasteiger partial charge in [0.15, 0.2) is 11.5 Å². The molecule has 0 bridgehead atoms. The number of carbonyl (C=O) groups is 2.